The topological polar surface area (TPSA) is 41.6 Å². The minimum atomic E-state index is 0.0487. The van der Waals surface area contributed by atoms with Crippen LogP contribution < -0.4 is 15.0 Å². The minimum Gasteiger partial charge on any atom is -0.487 e. The average Bonchev–Trinajstić information content (AvgIpc) is 2.90. The van der Waals surface area contributed by atoms with E-state index in [1.54, 1.807) is 0 Å². The molecule has 1 amide bonds. The Morgan fingerprint density at radius 2 is 2.32 bits per heavy atom. The Hall–Kier alpha value is -1.55. The van der Waals surface area contributed by atoms with Crippen LogP contribution >= 0.6 is 0 Å². The molecular weight excluding hydrogens is 240 g/mol. The smallest absolute Gasteiger partial charge is 0.231 e. The number of anilines is 1. The number of nitrogens with zero attached hydrogens (tertiary/aromatic N) is 1. The Kier molecular flexibility index (Phi) is 3.19. The van der Waals surface area contributed by atoms with Gasteiger partial charge in [-0.3, -0.25) is 4.79 Å². The van der Waals surface area contributed by atoms with Crippen LogP contribution in [-0.2, 0) is 4.79 Å². The molecule has 1 aromatic carbocycles. The van der Waals surface area contributed by atoms with Crippen LogP contribution in [-0.4, -0.2) is 31.6 Å². The molecule has 19 heavy (non-hydrogen) atoms. The average molecular weight is 260 g/mol. The van der Waals surface area contributed by atoms with E-state index in [0.29, 0.717) is 6.54 Å². The first-order valence-corrected chi connectivity index (χ1v) is 6.94. The Morgan fingerprint density at radius 3 is 3.05 bits per heavy atom. The van der Waals surface area contributed by atoms with Gasteiger partial charge in [-0.1, -0.05) is 6.07 Å². The molecule has 0 spiro atoms. The standard InChI is InChI=1S/C15H20N2O2/c1-10-3-4-13-14(7-10)19-11(2)9-17(13)15(18)12-5-6-16-8-12/h3-4,7,11-12,16H,5-6,8-9H2,1-2H3/t11-,12-/m0/s1. The van der Waals surface area contributed by atoms with Gasteiger partial charge in [0.05, 0.1) is 18.2 Å². The highest BCUT2D eigenvalue weighted by molar-refractivity contribution is 5.97. The summed E-state index contributed by atoms with van der Waals surface area (Å²) in [5.74, 6) is 1.17. The molecule has 0 saturated carbocycles. The Bertz CT molecular complexity index is 495. The van der Waals surface area contributed by atoms with Crippen LogP contribution in [0.1, 0.15) is 18.9 Å². The number of amides is 1. The fourth-order valence-corrected chi connectivity index (χ4v) is 2.84. The Balaban J connectivity index is 1.92. The number of ether oxygens (including phenoxy) is 1. The molecule has 3 rings (SSSR count). The van der Waals surface area contributed by atoms with Gasteiger partial charge in [0.25, 0.3) is 0 Å². The highest BCUT2D eigenvalue weighted by atomic mass is 16.5. The van der Waals surface area contributed by atoms with Crippen LogP contribution in [0.15, 0.2) is 18.2 Å². The quantitative estimate of drug-likeness (QED) is 0.836. The maximum Gasteiger partial charge on any atom is 0.231 e. The summed E-state index contributed by atoms with van der Waals surface area (Å²) in [5.41, 5.74) is 2.07. The van der Waals surface area contributed by atoms with Crippen LogP contribution in [0, 0.1) is 12.8 Å². The van der Waals surface area contributed by atoms with Crippen molar-refractivity contribution in [1.82, 2.24) is 5.32 Å². The molecule has 2 atom stereocenters. The second-order valence-electron chi connectivity index (χ2n) is 5.54. The first-order valence-electron chi connectivity index (χ1n) is 6.94. The van der Waals surface area contributed by atoms with E-state index in [9.17, 15) is 4.79 Å². The lowest BCUT2D eigenvalue weighted by atomic mass is 10.0. The minimum absolute atomic E-state index is 0.0487. The van der Waals surface area contributed by atoms with Crippen molar-refractivity contribution in [3.63, 3.8) is 0 Å². The third-order valence-corrected chi connectivity index (χ3v) is 3.85. The van der Waals surface area contributed by atoms with Gasteiger partial charge in [0.1, 0.15) is 11.9 Å². The Morgan fingerprint density at radius 1 is 1.47 bits per heavy atom. The Labute approximate surface area is 113 Å². The van der Waals surface area contributed by atoms with Crippen molar-refractivity contribution in [1.29, 1.82) is 0 Å². The van der Waals surface area contributed by atoms with Crippen LogP contribution in [0.4, 0.5) is 5.69 Å². The molecule has 0 radical (unpaired) electrons. The molecule has 1 fully saturated rings. The summed E-state index contributed by atoms with van der Waals surface area (Å²) in [4.78, 5) is 14.5. The highest BCUT2D eigenvalue weighted by Crippen LogP contribution is 2.35. The summed E-state index contributed by atoms with van der Waals surface area (Å²) < 4.78 is 5.85. The van der Waals surface area contributed by atoms with Gasteiger partial charge in [-0.2, -0.15) is 0 Å². The second-order valence-corrected chi connectivity index (χ2v) is 5.54. The summed E-state index contributed by atoms with van der Waals surface area (Å²) in [6.07, 6.45) is 0.985. The summed E-state index contributed by atoms with van der Waals surface area (Å²) in [6.45, 7) is 6.43. The van der Waals surface area contributed by atoms with Gasteiger partial charge in [-0.25, -0.2) is 0 Å². The second kappa shape index (κ2) is 4.85. The van der Waals surface area contributed by atoms with Gasteiger partial charge in [-0.05, 0) is 44.5 Å². The van der Waals surface area contributed by atoms with E-state index >= 15 is 0 Å². The SMILES string of the molecule is Cc1ccc2c(c1)O[C@@H](C)CN2C(=O)[C@H]1CCNC1. The summed E-state index contributed by atoms with van der Waals surface area (Å²) in [5, 5.41) is 3.26. The number of hydrogen-bond acceptors (Lipinski definition) is 3. The number of fused-ring (bicyclic) bond motifs is 1. The lowest BCUT2D eigenvalue weighted by Crippen LogP contribution is -2.45. The molecular formula is C15H20N2O2. The van der Waals surface area contributed by atoms with E-state index in [1.165, 1.54) is 0 Å². The van der Waals surface area contributed by atoms with Crippen molar-refractivity contribution in [3.8, 4) is 5.75 Å². The van der Waals surface area contributed by atoms with Crippen LogP contribution in [0.3, 0.4) is 0 Å². The molecule has 2 heterocycles. The molecule has 4 heteroatoms. The lowest BCUT2D eigenvalue weighted by Gasteiger charge is -2.35. The zero-order chi connectivity index (χ0) is 13.4. The number of nitrogens with one attached hydrogen (secondary N) is 1. The van der Waals surface area contributed by atoms with Crippen molar-refractivity contribution in [2.45, 2.75) is 26.4 Å². The van der Waals surface area contributed by atoms with E-state index in [0.717, 1.165) is 36.5 Å². The molecule has 2 aliphatic rings. The van der Waals surface area contributed by atoms with Gasteiger partial charge < -0.3 is 15.0 Å². The van der Waals surface area contributed by atoms with Crippen LogP contribution in [0.5, 0.6) is 5.75 Å². The molecule has 0 bridgehead atoms. The molecule has 0 unspecified atom stereocenters. The number of hydrogen-bond donors (Lipinski definition) is 1. The third-order valence-electron chi connectivity index (χ3n) is 3.85. The van der Waals surface area contributed by atoms with Crippen LogP contribution in [0.25, 0.3) is 0 Å². The predicted octanol–water partition coefficient (Wildman–Crippen LogP) is 1.72. The zero-order valence-electron chi connectivity index (χ0n) is 11.5. The van der Waals surface area contributed by atoms with Crippen molar-refractivity contribution in [3.05, 3.63) is 23.8 Å². The normalized spacial score (nSPS) is 25.9. The predicted molar refractivity (Wildman–Crippen MR) is 74.6 cm³/mol. The van der Waals surface area contributed by atoms with Gasteiger partial charge >= 0.3 is 0 Å². The maximum atomic E-state index is 12.6. The van der Waals surface area contributed by atoms with E-state index in [-0.39, 0.29) is 17.9 Å². The van der Waals surface area contributed by atoms with Gasteiger partial charge in [0.15, 0.2) is 0 Å². The van der Waals surface area contributed by atoms with Crippen molar-refractivity contribution in [2.75, 3.05) is 24.5 Å². The van der Waals surface area contributed by atoms with Gasteiger partial charge in [0, 0.05) is 6.54 Å². The van der Waals surface area contributed by atoms with Gasteiger partial charge in [-0.15, -0.1) is 0 Å². The molecule has 0 aromatic heterocycles. The van der Waals surface area contributed by atoms with E-state index in [2.05, 4.69) is 5.32 Å². The van der Waals surface area contributed by atoms with E-state index in [1.807, 2.05) is 36.9 Å². The summed E-state index contributed by atoms with van der Waals surface area (Å²) in [6, 6.07) is 6.04. The van der Waals surface area contributed by atoms with Crippen LogP contribution in [0.2, 0.25) is 0 Å². The number of carbonyl (C=O) groups is 1. The summed E-state index contributed by atoms with van der Waals surface area (Å²) >= 11 is 0. The first-order chi connectivity index (χ1) is 9.15. The summed E-state index contributed by atoms with van der Waals surface area (Å²) in [7, 11) is 0. The van der Waals surface area contributed by atoms with Crippen molar-refractivity contribution in [2.24, 2.45) is 5.92 Å². The fraction of sp³-hybridized carbons (Fsp3) is 0.533. The number of aryl methyl sites for hydroxylation is 1. The van der Waals surface area contributed by atoms with E-state index < -0.39 is 0 Å². The molecule has 102 valence electrons. The van der Waals surface area contributed by atoms with Gasteiger partial charge in [0.2, 0.25) is 5.91 Å². The van der Waals surface area contributed by atoms with Crippen molar-refractivity contribution < 1.29 is 9.53 Å². The molecule has 1 aromatic rings. The molecule has 0 aliphatic carbocycles. The number of benzene rings is 1. The third kappa shape index (κ3) is 2.32. The molecule has 1 N–H and O–H groups in total. The highest BCUT2D eigenvalue weighted by Gasteiger charge is 2.33. The maximum absolute atomic E-state index is 12.6. The van der Waals surface area contributed by atoms with E-state index in [4.69, 9.17) is 4.74 Å². The molecule has 4 nitrogen and oxygen atoms in total. The molecule has 1 saturated heterocycles. The number of rotatable bonds is 1. The lowest BCUT2D eigenvalue weighted by molar-refractivity contribution is -0.122. The zero-order valence-corrected chi connectivity index (χ0v) is 11.5. The monoisotopic (exact) mass is 260 g/mol. The largest absolute Gasteiger partial charge is 0.487 e. The fourth-order valence-electron chi connectivity index (χ4n) is 2.84. The first kappa shape index (κ1) is 12.5. The molecule has 2 aliphatic heterocycles. The van der Waals surface area contributed by atoms with Crippen molar-refractivity contribution >= 4 is 11.6 Å². The number of carbonyl (C=O) groups excluding carboxylic acids is 1.